The van der Waals surface area contributed by atoms with E-state index in [-0.39, 0.29) is 6.54 Å². The molecule has 0 aliphatic heterocycles. The highest BCUT2D eigenvalue weighted by Gasteiger charge is 2.21. The minimum Gasteiger partial charge on any atom is -0.481 e. The molecule has 2 atom stereocenters. The number of hydrogen-bond donors (Lipinski definition) is 4. The second-order valence-corrected chi connectivity index (χ2v) is 4.79. The molecule has 7 nitrogen and oxygen atoms in total. The lowest BCUT2D eigenvalue weighted by atomic mass is 10.0. The van der Waals surface area contributed by atoms with Crippen molar-refractivity contribution in [1.29, 1.82) is 0 Å². The van der Waals surface area contributed by atoms with E-state index in [2.05, 4.69) is 10.6 Å². The Hall–Kier alpha value is -2.57. The van der Waals surface area contributed by atoms with Crippen LogP contribution in [0.5, 0.6) is 0 Å². The Morgan fingerprint density at radius 3 is 2.29 bits per heavy atom. The van der Waals surface area contributed by atoms with Crippen LogP contribution in [0.3, 0.4) is 0 Å². The molecule has 2 unspecified atom stereocenters. The molecule has 0 saturated heterocycles. The molecular weight excluding hydrogens is 274 g/mol. The largest absolute Gasteiger partial charge is 0.481 e. The van der Waals surface area contributed by atoms with E-state index in [0.29, 0.717) is 11.3 Å². The summed E-state index contributed by atoms with van der Waals surface area (Å²) in [5, 5.41) is 13.8. The van der Waals surface area contributed by atoms with Crippen LogP contribution in [0.15, 0.2) is 24.3 Å². The summed E-state index contributed by atoms with van der Waals surface area (Å²) in [7, 11) is 0. The molecule has 7 heteroatoms. The molecule has 0 spiro atoms. The molecule has 114 valence electrons. The Bertz CT molecular complexity index is 528. The van der Waals surface area contributed by atoms with Crippen LogP contribution >= 0.6 is 0 Å². The fourth-order valence-corrected chi connectivity index (χ4v) is 1.54. The molecule has 1 rings (SSSR count). The number of rotatable bonds is 6. The van der Waals surface area contributed by atoms with Crippen LogP contribution in [0.2, 0.25) is 0 Å². The van der Waals surface area contributed by atoms with Crippen LogP contribution in [-0.4, -0.2) is 35.5 Å². The Morgan fingerprint density at radius 2 is 1.76 bits per heavy atom. The number of amides is 2. The summed E-state index contributed by atoms with van der Waals surface area (Å²) in [6.07, 6.45) is 0. The SMILES string of the molecule is CC(NC(=O)CNC(=O)c1ccc(N)cc1)C(C)C(=O)O. The molecule has 0 aliphatic rings. The number of carbonyl (C=O) groups excluding carboxylic acids is 2. The van der Waals surface area contributed by atoms with Gasteiger partial charge in [0, 0.05) is 17.3 Å². The maximum Gasteiger partial charge on any atom is 0.308 e. The summed E-state index contributed by atoms with van der Waals surface area (Å²) in [5.74, 6) is -2.54. The number of carboxylic acids is 1. The minimum absolute atomic E-state index is 0.222. The summed E-state index contributed by atoms with van der Waals surface area (Å²) in [4.78, 5) is 34.2. The lowest BCUT2D eigenvalue weighted by Gasteiger charge is -2.17. The Morgan fingerprint density at radius 1 is 1.19 bits per heavy atom. The van der Waals surface area contributed by atoms with E-state index in [1.165, 1.54) is 6.92 Å². The van der Waals surface area contributed by atoms with Crippen molar-refractivity contribution in [3.8, 4) is 0 Å². The number of carbonyl (C=O) groups is 3. The highest BCUT2D eigenvalue weighted by molar-refractivity contribution is 5.96. The average molecular weight is 293 g/mol. The van der Waals surface area contributed by atoms with Crippen molar-refractivity contribution in [3.63, 3.8) is 0 Å². The van der Waals surface area contributed by atoms with E-state index < -0.39 is 29.7 Å². The standard InChI is InChI=1S/C14H19N3O4/c1-8(14(20)21)9(2)17-12(18)7-16-13(19)10-3-5-11(15)6-4-10/h3-6,8-9H,7,15H2,1-2H3,(H,16,19)(H,17,18)(H,20,21). The molecule has 2 amide bonds. The van der Waals surface area contributed by atoms with E-state index in [9.17, 15) is 14.4 Å². The van der Waals surface area contributed by atoms with Gasteiger partial charge in [0.25, 0.3) is 5.91 Å². The van der Waals surface area contributed by atoms with Crippen molar-refractivity contribution < 1.29 is 19.5 Å². The van der Waals surface area contributed by atoms with Crippen molar-refractivity contribution in [2.75, 3.05) is 12.3 Å². The van der Waals surface area contributed by atoms with Crippen LogP contribution < -0.4 is 16.4 Å². The number of nitrogen functional groups attached to an aromatic ring is 1. The topological polar surface area (TPSA) is 122 Å². The van der Waals surface area contributed by atoms with Gasteiger partial charge in [-0.3, -0.25) is 14.4 Å². The Kier molecular flexibility index (Phi) is 5.71. The van der Waals surface area contributed by atoms with Gasteiger partial charge < -0.3 is 21.5 Å². The molecule has 0 aliphatic carbocycles. The van der Waals surface area contributed by atoms with Crippen molar-refractivity contribution in [2.24, 2.45) is 5.92 Å². The predicted molar refractivity (Wildman–Crippen MR) is 77.6 cm³/mol. The van der Waals surface area contributed by atoms with Gasteiger partial charge in [0.05, 0.1) is 12.5 Å². The smallest absolute Gasteiger partial charge is 0.308 e. The van der Waals surface area contributed by atoms with E-state index in [0.717, 1.165) is 0 Å². The summed E-state index contributed by atoms with van der Waals surface area (Å²) < 4.78 is 0. The summed E-state index contributed by atoms with van der Waals surface area (Å²) in [6, 6.07) is 5.76. The molecule has 0 aromatic heterocycles. The Balaban J connectivity index is 2.44. The first-order valence-corrected chi connectivity index (χ1v) is 6.47. The normalized spacial score (nSPS) is 13.0. The molecule has 0 heterocycles. The van der Waals surface area contributed by atoms with E-state index in [1.807, 2.05) is 0 Å². The third kappa shape index (κ3) is 5.13. The fraction of sp³-hybridized carbons (Fsp3) is 0.357. The van der Waals surface area contributed by atoms with Gasteiger partial charge in [-0.2, -0.15) is 0 Å². The first-order chi connectivity index (χ1) is 9.81. The monoisotopic (exact) mass is 293 g/mol. The quantitative estimate of drug-likeness (QED) is 0.559. The lowest BCUT2D eigenvalue weighted by molar-refractivity contribution is -0.142. The van der Waals surface area contributed by atoms with Gasteiger partial charge in [0.1, 0.15) is 0 Å². The van der Waals surface area contributed by atoms with E-state index >= 15 is 0 Å². The van der Waals surface area contributed by atoms with Gasteiger partial charge in [-0.25, -0.2) is 0 Å². The van der Waals surface area contributed by atoms with Gasteiger partial charge in [0.2, 0.25) is 5.91 Å². The summed E-state index contributed by atoms with van der Waals surface area (Å²) in [6.45, 7) is 2.87. The molecule has 0 bridgehead atoms. The second kappa shape index (κ2) is 7.28. The minimum atomic E-state index is -0.992. The van der Waals surface area contributed by atoms with Gasteiger partial charge in [-0.15, -0.1) is 0 Å². The fourth-order valence-electron chi connectivity index (χ4n) is 1.54. The van der Waals surface area contributed by atoms with Gasteiger partial charge in [-0.1, -0.05) is 0 Å². The maximum atomic E-state index is 11.8. The molecule has 1 aromatic carbocycles. The molecule has 0 saturated carbocycles. The number of anilines is 1. The van der Waals surface area contributed by atoms with Gasteiger partial charge >= 0.3 is 5.97 Å². The molecule has 0 fully saturated rings. The number of carboxylic acid groups (broad SMARTS) is 1. The highest BCUT2D eigenvalue weighted by Crippen LogP contribution is 2.05. The van der Waals surface area contributed by atoms with Crippen LogP contribution in [0.25, 0.3) is 0 Å². The van der Waals surface area contributed by atoms with Gasteiger partial charge in [-0.05, 0) is 38.1 Å². The average Bonchev–Trinajstić information content (AvgIpc) is 2.44. The third-order valence-electron chi connectivity index (χ3n) is 3.11. The molecule has 21 heavy (non-hydrogen) atoms. The third-order valence-corrected chi connectivity index (χ3v) is 3.11. The summed E-state index contributed by atoms with van der Waals surface area (Å²) >= 11 is 0. The highest BCUT2D eigenvalue weighted by atomic mass is 16.4. The van der Waals surface area contributed by atoms with E-state index in [4.69, 9.17) is 10.8 Å². The van der Waals surface area contributed by atoms with E-state index in [1.54, 1.807) is 31.2 Å². The van der Waals surface area contributed by atoms with Crippen molar-refractivity contribution in [1.82, 2.24) is 10.6 Å². The number of nitrogens with two attached hydrogens (primary N) is 1. The molecule has 0 radical (unpaired) electrons. The number of aliphatic carboxylic acids is 1. The maximum absolute atomic E-state index is 11.8. The van der Waals surface area contributed by atoms with Crippen molar-refractivity contribution >= 4 is 23.5 Å². The van der Waals surface area contributed by atoms with Crippen LogP contribution in [0.4, 0.5) is 5.69 Å². The number of hydrogen-bond acceptors (Lipinski definition) is 4. The van der Waals surface area contributed by atoms with Crippen LogP contribution in [0.1, 0.15) is 24.2 Å². The molecular formula is C14H19N3O4. The van der Waals surface area contributed by atoms with Crippen LogP contribution in [-0.2, 0) is 9.59 Å². The number of benzene rings is 1. The lowest BCUT2D eigenvalue weighted by Crippen LogP contribution is -2.44. The van der Waals surface area contributed by atoms with Gasteiger partial charge in [0.15, 0.2) is 0 Å². The zero-order valence-electron chi connectivity index (χ0n) is 11.9. The zero-order valence-corrected chi connectivity index (χ0v) is 11.9. The first-order valence-electron chi connectivity index (χ1n) is 6.47. The summed E-state index contributed by atoms with van der Waals surface area (Å²) in [5.41, 5.74) is 6.45. The van der Waals surface area contributed by atoms with Crippen molar-refractivity contribution in [2.45, 2.75) is 19.9 Å². The van der Waals surface area contributed by atoms with Crippen molar-refractivity contribution in [3.05, 3.63) is 29.8 Å². The molecule has 5 N–H and O–H groups in total. The number of nitrogens with one attached hydrogen (secondary N) is 2. The zero-order chi connectivity index (χ0) is 16.0. The molecule has 1 aromatic rings. The van der Waals surface area contributed by atoms with Crippen LogP contribution in [0, 0.1) is 5.92 Å². The Labute approximate surface area is 122 Å². The second-order valence-electron chi connectivity index (χ2n) is 4.79. The predicted octanol–water partition coefficient (Wildman–Crippen LogP) is 0.224. The first kappa shape index (κ1) is 16.5.